The number of hydrogen-bond acceptors (Lipinski definition) is 2. The molecule has 0 amide bonds. The summed E-state index contributed by atoms with van der Waals surface area (Å²) in [6.07, 6.45) is 0.503. The lowest BCUT2D eigenvalue weighted by atomic mass is 9.82. The summed E-state index contributed by atoms with van der Waals surface area (Å²) in [6.45, 7) is 6.68. The molecule has 0 aliphatic rings. The van der Waals surface area contributed by atoms with Gasteiger partial charge in [0.1, 0.15) is 6.10 Å². The molecule has 1 N–H and O–H groups in total. The Morgan fingerprint density at radius 3 is 2.25 bits per heavy atom. The van der Waals surface area contributed by atoms with E-state index in [4.69, 9.17) is 0 Å². The Labute approximate surface area is 141 Å². The van der Waals surface area contributed by atoms with Crippen molar-refractivity contribution in [3.8, 4) is 0 Å². The Balaban J connectivity index is 2.28. The van der Waals surface area contributed by atoms with Gasteiger partial charge in [-0.1, -0.05) is 45.0 Å². The first-order valence-corrected chi connectivity index (χ1v) is 8.98. The predicted octanol–water partition coefficient (Wildman–Crippen LogP) is 6.04. The smallest absolute Gasteiger partial charge is 0.106 e. The molecule has 1 aromatic carbocycles. The number of hydrogen-bond donors (Lipinski definition) is 1. The van der Waals surface area contributed by atoms with E-state index in [0.29, 0.717) is 0 Å². The summed E-state index contributed by atoms with van der Waals surface area (Å²) in [5.74, 6) is 0. The van der Waals surface area contributed by atoms with Gasteiger partial charge in [-0.25, -0.2) is 0 Å². The van der Waals surface area contributed by atoms with E-state index in [2.05, 4.69) is 64.8 Å². The Morgan fingerprint density at radius 1 is 1.20 bits per heavy atom. The first kappa shape index (κ1) is 16.2. The van der Waals surface area contributed by atoms with Gasteiger partial charge in [0.25, 0.3) is 0 Å². The summed E-state index contributed by atoms with van der Waals surface area (Å²) in [6, 6.07) is 10.3. The first-order chi connectivity index (χ1) is 9.35. The van der Waals surface area contributed by atoms with Crippen LogP contribution in [0.2, 0.25) is 0 Å². The highest BCUT2D eigenvalue weighted by atomic mass is 79.9. The Hall–Kier alpha value is -0.160. The lowest BCUT2D eigenvalue weighted by Gasteiger charge is -2.24. The van der Waals surface area contributed by atoms with Crippen molar-refractivity contribution >= 4 is 43.2 Å². The second-order valence-corrected chi connectivity index (χ2v) is 9.29. The molecule has 108 valence electrons. The van der Waals surface area contributed by atoms with Gasteiger partial charge in [-0.2, -0.15) is 0 Å². The standard InChI is InChI=1S/C16H18Br2OS/c1-4-16(2,3)11-7-5-10(6-8-11)14(19)12-9-13(17)20-15(12)18/h5-9,14,19H,4H2,1-3H3. The van der Waals surface area contributed by atoms with Gasteiger partial charge in [0, 0.05) is 5.56 Å². The van der Waals surface area contributed by atoms with E-state index in [1.807, 2.05) is 18.2 Å². The SMILES string of the molecule is CCC(C)(C)c1ccc(C(O)c2cc(Br)sc2Br)cc1. The van der Waals surface area contributed by atoms with Crippen LogP contribution < -0.4 is 0 Å². The summed E-state index contributed by atoms with van der Waals surface area (Å²) in [5.41, 5.74) is 3.31. The zero-order chi connectivity index (χ0) is 14.9. The second kappa shape index (κ2) is 6.30. The molecule has 0 saturated heterocycles. The maximum absolute atomic E-state index is 10.5. The van der Waals surface area contributed by atoms with Crippen molar-refractivity contribution in [3.63, 3.8) is 0 Å². The topological polar surface area (TPSA) is 20.2 Å². The molecule has 1 aromatic heterocycles. The average Bonchev–Trinajstić information content (AvgIpc) is 2.77. The molecule has 1 atom stereocenters. The summed E-state index contributed by atoms with van der Waals surface area (Å²) in [5, 5.41) is 10.5. The third kappa shape index (κ3) is 3.35. The number of halogens is 2. The van der Waals surface area contributed by atoms with E-state index >= 15 is 0 Å². The average molecular weight is 418 g/mol. The van der Waals surface area contributed by atoms with E-state index in [-0.39, 0.29) is 5.41 Å². The minimum atomic E-state index is -0.592. The van der Waals surface area contributed by atoms with Crippen LogP contribution in [0.4, 0.5) is 0 Å². The van der Waals surface area contributed by atoms with Gasteiger partial charge in [-0.15, -0.1) is 11.3 Å². The molecule has 1 nitrogen and oxygen atoms in total. The zero-order valence-corrected chi connectivity index (χ0v) is 15.8. The van der Waals surface area contributed by atoms with Crippen LogP contribution in [0.1, 0.15) is 50.0 Å². The molecular weight excluding hydrogens is 400 g/mol. The normalized spacial score (nSPS) is 13.5. The second-order valence-electron chi connectivity index (χ2n) is 5.54. The van der Waals surface area contributed by atoms with Crippen LogP contribution >= 0.6 is 43.2 Å². The molecule has 0 aliphatic heterocycles. The number of thiophene rings is 1. The Bertz CT molecular complexity index is 587. The molecular formula is C16H18Br2OS. The monoisotopic (exact) mass is 416 g/mol. The number of aliphatic hydroxyl groups is 1. The lowest BCUT2D eigenvalue weighted by Crippen LogP contribution is -2.15. The van der Waals surface area contributed by atoms with Crippen LogP contribution in [0.25, 0.3) is 0 Å². The fraction of sp³-hybridized carbons (Fsp3) is 0.375. The third-order valence-electron chi connectivity index (χ3n) is 3.87. The van der Waals surface area contributed by atoms with Crippen LogP contribution in [0.3, 0.4) is 0 Å². The molecule has 0 bridgehead atoms. The van der Waals surface area contributed by atoms with Crippen LogP contribution in [-0.2, 0) is 5.41 Å². The fourth-order valence-corrected chi connectivity index (χ4v) is 4.92. The molecule has 20 heavy (non-hydrogen) atoms. The van der Waals surface area contributed by atoms with E-state index in [1.54, 1.807) is 11.3 Å². The van der Waals surface area contributed by atoms with Gasteiger partial charge in [-0.3, -0.25) is 0 Å². The lowest BCUT2D eigenvalue weighted by molar-refractivity contribution is 0.220. The Morgan fingerprint density at radius 2 is 1.80 bits per heavy atom. The van der Waals surface area contributed by atoms with Crippen LogP contribution in [0.5, 0.6) is 0 Å². The molecule has 2 rings (SSSR count). The first-order valence-electron chi connectivity index (χ1n) is 6.58. The van der Waals surface area contributed by atoms with Crippen molar-refractivity contribution in [2.24, 2.45) is 0 Å². The van der Waals surface area contributed by atoms with Gasteiger partial charge in [-0.05, 0) is 60.9 Å². The van der Waals surface area contributed by atoms with Gasteiger partial charge in [0.05, 0.1) is 7.57 Å². The highest BCUT2D eigenvalue weighted by Crippen LogP contribution is 2.38. The van der Waals surface area contributed by atoms with Crippen LogP contribution in [-0.4, -0.2) is 5.11 Å². The summed E-state index contributed by atoms with van der Waals surface area (Å²) in [7, 11) is 0. The van der Waals surface area contributed by atoms with E-state index in [9.17, 15) is 5.11 Å². The quantitative estimate of drug-likeness (QED) is 0.642. The molecule has 1 unspecified atom stereocenters. The number of aliphatic hydroxyl groups excluding tert-OH is 1. The third-order valence-corrected chi connectivity index (χ3v) is 6.26. The summed E-state index contributed by atoms with van der Waals surface area (Å²) < 4.78 is 1.98. The van der Waals surface area contributed by atoms with Gasteiger partial charge in [0.2, 0.25) is 0 Å². The molecule has 0 radical (unpaired) electrons. The molecule has 0 fully saturated rings. The van der Waals surface area contributed by atoms with E-state index in [0.717, 1.165) is 25.1 Å². The number of rotatable bonds is 4. The highest BCUT2D eigenvalue weighted by Gasteiger charge is 2.20. The van der Waals surface area contributed by atoms with Crippen LogP contribution in [0, 0.1) is 0 Å². The molecule has 1 heterocycles. The molecule has 4 heteroatoms. The maximum Gasteiger partial charge on any atom is 0.106 e. The van der Waals surface area contributed by atoms with Crippen molar-refractivity contribution in [2.45, 2.75) is 38.7 Å². The van der Waals surface area contributed by atoms with Crippen molar-refractivity contribution in [1.29, 1.82) is 0 Å². The largest absolute Gasteiger partial charge is 0.384 e. The van der Waals surface area contributed by atoms with Gasteiger partial charge < -0.3 is 5.11 Å². The van der Waals surface area contributed by atoms with Crippen molar-refractivity contribution in [2.75, 3.05) is 0 Å². The summed E-state index contributed by atoms with van der Waals surface area (Å²) in [4.78, 5) is 0. The molecule has 2 aromatic rings. The zero-order valence-electron chi connectivity index (χ0n) is 11.8. The van der Waals surface area contributed by atoms with Gasteiger partial charge >= 0.3 is 0 Å². The van der Waals surface area contributed by atoms with Crippen LogP contribution in [0.15, 0.2) is 37.9 Å². The highest BCUT2D eigenvalue weighted by molar-refractivity contribution is 9.12. The van der Waals surface area contributed by atoms with Crippen molar-refractivity contribution in [1.82, 2.24) is 0 Å². The van der Waals surface area contributed by atoms with E-state index < -0.39 is 6.10 Å². The molecule has 0 saturated carbocycles. The Kier molecular flexibility index (Phi) is 5.11. The summed E-state index contributed by atoms with van der Waals surface area (Å²) >= 11 is 8.53. The van der Waals surface area contributed by atoms with Crippen molar-refractivity contribution < 1.29 is 5.11 Å². The molecule has 0 aliphatic carbocycles. The maximum atomic E-state index is 10.5. The number of benzene rings is 1. The molecule has 0 spiro atoms. The van der Waals surface area contributed by atoms with Gasteiger partial charge in [0.15, 0.2) is 0 Å². The van der Waals surface area contributed by atoms with E-state index in [1.165, 1.54) is 5.56 Å². The minimum Gasteiger partial charge on any atom is -0.384 e. The van der Waals surface area contributed by atoms with Crippen molar-refractivity contribution in [3.05, 3.63) is 54.6 Å². The fourth-order valence-electron chi connectivity index (χ4n) is 2.04. The predicted molar refractivity (Wildman–Crippen MR) is 93.5 cm³/mol. The minimum absolute atomic E-state index is 0.176.